The van der Waals surface area contributed by atoms with E-state index in [-0.39, 0.29) is 18.1 Å². The summed E-state index contributed by atoms with van der Waals surface area (Å²) < 4.78 is 28.5. The molecule has 1 saturated carbocycles. The average molecular weight is 298 g/mol. The molecule has 2 aliphatic rings. The Bertz CT molecular complexity index is 683. The molecule has 2 N–H and O–H groups in total. The maximum atomic E-state index is 13.9. The number of rotatable bonds is 1. The first kappa shape index (κ1) is 13.4. The number of halogens is 3. The van der Waals surface area contributed by atoms with Crippen molar-refractivity contribution in [3.63, 3.8) is 0 Å². The Balaban J connectivity index is 0.00000121. The minimum atomic E-state index is -0.604. The number of fused-ring (bicyclic) bond motifs is 5. The monoisotopic (exact) mass is 297 g/mol. The maximum absolute atomic E-state index is 13.9. The van der Waals surface area contributed by atoms with Crippen LogP contribution in [0.5, 0.6) is 0 Å². The van der Waals surface area contributed by atoms with Crippen LogP contribution >= 0.6 is 12.4 Å². The van der Waals surface area contributed by atoms with Gasteiger partial charge in [0.1, 0.15) is 17.3 Å². The number of hydrogen-bond donors (Lipinski definition) is 1. The zero-order chi connectivity index (χ0) is 13.1. The van der Waals surface area contributed by atoms with Crippen molar-refractivity contribution in [1.29, 1.82) is 0 Å². The van der Waals surface area contributed by atoms with Gasteiger partial charge in [-0.25, -0.2) is 13.5 Å². The van der Waals surface area contributed by atoms with E-state index in [1.54, 1.807) is 4.68 Å². The Morgan fingerprint density at radius 3 is 2.70 bits per heavy atom. The molecule has 1 aromatic heterocycles. The van der Waals surface area contributed by atoms with Crippen LogP contribution in [0.2, 0.25) is 0 Å². The molecule has 2 aliphatic carbocycles. The van der Waals surface area contributed by atoms with Crippen molar-refractivity contribution in [3.05, 3.63) is 41.1 Å². The summed E-state index contributed by atoms with van der Waals surface area (Å²) in [6.07, 6.45) is 3.32. The summed E-state index contributed by atoms with van der Waals surface area (Å²) >= 11 is 0. The number of anilines is 1. The van der Waals surface area contributed by atoms with Crippen LogP contribution in [0.3, 0.4) is 0 Å². The van der Waals surface area contributed by atoms with E-state index in [1.165, 1.54) is 12.1 Å². The molecule has 2 bridgehead atoms. The van der Waals surface area contributed by atoms with Gasteiger partial charge < -0.3 is 5.73 Å². The Labute approximate surface area is 121 Å². The second-order valence-electron chi connectivity index (χ2n) is 5.40. The lowest BCUT2D eigenvalue weighted by atomic mass is 9.97. The average Bonchev–Trinajstić information content (AvgIpc) is 3.02. The molecule has 1 fully saturated rings. The molecule has 0 amide bonds. The van der Waals surface area contributed by atoms with Gasteiger partial charge >= 0.3 is 0 Å². The van der Waals surface area contributed by atoms with Crippen LogP contribution in [0, 0.1) is 11.6 Å². The number of benzene rings is 1. The van der Waals surface area contributed by atoms with Crippen LogP contribution in [-0.4, -0.2) is 9.78 Å². The van der Waals surface area contributed by atoms with Crippen LogP contribution < -0.4 is 5.73 Å². The van der Waals surface area contributed by atoms with Crippen LogP contribution in [0.25, 0.3) is 5.69 Å². The third-order valence-corrected chi connectivity index (χ3v) is 4.35. The molecule has 0 spiro atoms. The van der Waals surface area contributed by atoms with E-state index in [0.717, 1.165) is 36.6 Å². The highest BCUT2D eigenvalue weighted by Crippen LogP contribution is 2.55. The van der Waals surface area contributed by atoms with E-state index >= 15 is 0 Å². The number of hydrogen-bond acceptors (Lipinski definition) is 2. The fraction of sp³-hybridized carbons (Fsp3) is 0.357. The van der Waals surface area contributed by atoms with Crippen molar-refractivity contribution in [3.8, 4) is 5.69 Å². The van der Waals surface area contributed by atoms with Crippen molar-refractivity contribution in [2.75, 3.05) is 5.73 Å². The topological polar surface area (TPSA) is 43.8 Å². The summed E-state index contributed by atoms with van der Waals surface area (Å²) in [5.41, 5.74) is 8.36. The van der Waals surface area contributed by atoms with Crippen LogP contribution in [0.15, 0.2) is 18.2 Å². The normalized spacial score (nSPS) is 22.7. The van der Waals surface area contributed by atoms with Gasteiger partial charge in [0.2, 0.25) is 0 Å². The molecule has 0 unspecified atom stereocenters. The van der Waals surface area contributed by atoms with Crippen molar-refractivity contribution < 1.29 is 8.78 Å². The lowest BCUT2D eigenvalue weighted by Gasteiger charge is -2.14. The fourth-order valence-electron chi connectivity index (χ4n) is 3.60. The SMILES string of the molecule is Cl.Nc1nn(-c2ccc(F)cc2F)c2c1[C@@H]1CC[C@H]2C1. The summed E-state index contributed by atoms with van der Waals surface area (Å²) in [4.78, 5) is 0. The van der Waals surface area contributed by atoms with Gasteiger partial charge in [-0.3, -0.25) is 0 Å². The molecule has 4 rings (SSSR count). The van der Waals surface area contributed by atoms with Crippen LogP contribution in [0.4, 0.5) is 14.6 Å². The second-order valence-corrected chi connectivity index (χ2v) is 5.40. The maximum Gasteiger partial charge on any atom is 0.151 e. The molecular weight excluding hydrogens is 284 g/mol. The molecule has 3 nitrogen and oxygen atoms in total. The summed E-state index contributed by atoms with van der Waals surface area (Å²) in [6, 6.07) is 3.55. The fourth-order valence-corrected chi connectivity index (χ4v) is 3.60. The van der Waals surface area contributed by atoms with E-state index in [2.05, 4.69) is 5.10 Å². The second kappa shape index (κ2) is 4.45. The Kier molecular flexibility index (Phi) is 2.97. The third kappa shape index (κ3) is 1.66. The minimum Gasteiger partial charge on any atom is -0.382 e. The molecule has 20 heavy (non-hydrogen) atoms. The zero-order valence-electron chi connectivity index (χ0n) is 10.6. The summed E-state index contributed by atoms with van der Waals surface area (Å²) in [7, 11) is 0. The zero-order valence-corrected chi connectivity index (χ0v) is 11.5. The molecular formula is C14H14ClF2N3. The Morgan fingerprint density at radius 1 is 1.20 bits per heavy atom. The predicted molar refractivity (Wildman–Crippen MR) is 74.5 cm³/mol. The van der Waals surface area contributed by atoms with Crippen molar-refractivity contribution in [2.24, 2.45) is 0 Å². The Morgan fingerprint density at radius 2 is 1.95 bits per heavy atom. The minimum absolute atomic E-state index is 0. The molecule has 2 atom stereocenters. The van der Waals surface area contributed by atoms with E-state index < -0.39 is 11.6 Å². The number of nitrogens with two attached hydrogens (primary N) is 1. The van der Waals surface area contributed by atoms with Gasteiger partial charge in [-0.15, -0.1) is 12.4 Å². The Hall–Kier alpha value is -1.62. The van der Waals surface area contributed by atoms with E-state index in [9.17, 15) is 8.78 Å². The highest BCUT2D eigenvalue weighted by molar-refractivity contribution is 5.85. The number of nitrogen functional groups attached to an aromatic ring is 1. The molecule has 106 valence electrons. The molecule has 1 heterocycles. The predicted octanol–water partition coefficient (Wildman–Crippen LogP) is 3.52. The highest BCUT2D eigenvalue weighted by Gasteiger charge is 2.42. The van der Waals surface area contributed by atoms with Gasteiger partial charge in [0.15, 0.2) is 5.82 Å². The van der Waals surface area contributed by atoms with Crippen LogP contribution in [-0.2, 0) is 0 Å². The largest absolute Gasteiger partial charge is 0.382 e. The van der Waals surface area contributed by atoms with Gasteiger partial charge in [-0.2, -0.15) is 5.10 Å². The van der Waals surface area contributed by atoms with E-state index in [1.807, 2.05) is 0 Å². The van der Waals surface area contributed by atoms with Crippen molar-refractivity contribution in [1.82, 2.24) is 9.78 Å². The van der Waals surface area contributed by atoms with Gasteiger partial charge in [0.05, 0.1) is 5.69 Å². The molecule has 0 aliphatic heterocycles. The van der Waals surface area contributed by atoms with Crippen molar-refractivity contribution in [2.45, 2.75) is 31.1 Å². The molecule has 2 aromatic rings. The number of nitrogens with zero attached hydrogens (tertiary/aromatic N) is 2. The van der Waals surface area contributed by atoms with Gasteiger partial charge in [-0.05, 0) is 37.3 Å². The highest BCUT2D eigenvalue weighted by atomic mass is 35.5. The van der Waals surface area contributed by atoms with Gasteiger partial charge in [0.25, 0.3) is 0 Å². The first-order chi connectivity index (χ1) is 9.15. The molecule has 0 radical (unpaired) electrons. The first-order valence-corrected chi connectivity index (χ1v) is 6.49. The summed E-state index contributed by atoms with van der Waals surface area (Å²) in [5.74, 6) is 0.185. The van der Waals surface area contributed by atoms with Crippen LogP contribution in [0.1, 0.15) is 42.4 Å². The first-order valence-electron chi connectivity index (χ1n) is 6.49. The molecule has 6 heteroatoms. The summed E-state index contributed by atoms with van der Waals surface area (Å²) in [5, 5.41) is 4.27. The smallest absolute Gasteiger partial charge is 0.151 e. The number of aromatic nitrogens is 2. The lowest BCUT2D eigenvalue weighted by molar-refractivity contribution is 0.567. The van der Waals surface area contributed by atoms with Crippen molar-refractivity contribution >= 4 is 18.2 Å². The van der Waals surface area contributed by atoms with Gasteiger partial charge in [0, 0.05) is 17.5 Å². The van der Waals surface area contributed by atoms with E-state index in [4.69, 9.17) is 5.73 Å². The van der Waals surface area contributed by atoms with Gasteiger partial charge in [-0.1, -0.05) is 0 Å². The third-order valence-electron chi connectivity index (χ3n) is 4.35. The standard InChI is InChI=1S/C14H13F2N3.ClH/c15-9-3-4-11(10(16)6-9)19-13-8-2-1-7(5-8)12(13)14(17)18-19;/h3-4,6-8H,1-2,5H2,(H2,17,18);1H/t7-,8+;/m1./s1. The lowest BCUT2D eigenvalue weighted by Crippen LogP contribution is -2.07. The van der Waals surface area contributed by atoms with E-state index in [0.29, 0.717) is 17.7 Å². The molecule has 1 aromatic carbocycles. The molecule has 0 saturated heterocycles. The summed E-state index contributed by atoms with van der Waals surface area (Å²) in [6.45, 7) is 0. The quantitative estimate of drug-likeness (QED) is 0.875.